The summed E-state index contributed by atoms with van der Waals surface area (Å²) in [6.45, 7) is 0.640. The minimum absolute atomic E-state index is 0.542. The van der Waals surface area contributed by atoms with Crippen LogP contribution in [0.2, 0.25) is 9.49 Å². The lowest BCUT2D eigenvalue weighted by Gasteiger charge is -2.10. The minimum atomic E-state index is 0.542. The summed E-state index contributed by atoms with van der Waals surface area (Å²) in [5.41, 5.74) is 0.851. The molecular formula is C11H10Cl2N2OS. The van der Waals surface area contributed by atoms with E-state index in [1.807, 2.05) is 12.1 Å². The van der Waals surface area contributed by atoms with Crippen LogP contribution in [-0.2, 0) is 6.54 Å². The first-order valence-corrected chi connectivity index (χ1v) is 6.44. The molecule has 0 unspecified atom stereocenters. The molecule has 0 aliphatic heterocycles. The predicted molar refractivity (Wildman–Crippen MR) is 72.5 cm³/mol. The predicted octanol–water partition coefficient (Wildman–Crippen LogP) is 4.07. The Morgan fingerprint density at radius 1 is 1.41 bits per heavy atom. The van der Waals surface area contributed by atoms with E-state index >= 15 is 0 Å². The van der Waals surface area contributed by atoms with Crippen LogP contribution in [0.5, 0.6) is 5.75 Å². The molecule has 1 aromatic carbocycles. The summed E-state index contributed by atoms with van der Waals surface area (Å²) >= 11 is 13.1. The first kappa shape index (κ1) is 12.5. The summed E-state index contributed by atoms with van der Waals surface area (Å²) in [5, 5.41) is 3.90. The quantitative estimate of drug-likeness (QED) is 0.921. The zero-order valence-corrected chi connectivity index (χ0v) is 11.4. The first-order chi connectivity index (χ1) is 8.19. The fourth-order valence-electron chi connectivity index (χ4n) is 1.37. The molecule has 0 spiro atoms. The Bertz CT molecular complexity index is 516. The first-order valence-electron chi connectivity index (χ1n) is 4.86. The van der Waals surface area contributed by atoms with E-state index < -0.39 is 0 Å². The van der Waals surface area contributed by atoms with Gasteiger partial charge in [-0.1, -0.05) is 23.2 Å². The third kappa shape index (κ3) is 3.25. The maximum Gasteiger partial charge on any atom is 0.183 e. The number of halogens is 2. The zero-order valence-electron chi connectivity index (χ0n) is 9.04. The van der Waals surface area contributed by atoms with Gasteiger partial charge in [-0.3, -0.25) is 0 Å². The number of aromatic nitrogens is 1. The van der Waals surface area contributed by atoms with Crippen molar-refractivity contribution in [2.45, 2.75) is 6.54 Å². The Hall–Kier alpha value is -0.970. The summed E-state index contributed by atoms with van der Waals surface area (Å²) < 4.78 is 5.78. The van der Waals surface area contributed by atoms with Gasteiger partial charge in [-0.05, 0) is 18.2 Å². The number of anilines is 1. The molecule has 0 fully saturated rings. The van der Waals surface area contributed by atoms with Crippen LogP contribution in [0.15, 0.2) is 24.4 Å². The molecule has 1 aromatic heterocycles. The van der Waals surface area contributed by atoms with Crippen LogP contribution < -0.4 is 10.1 Å². The monoisotopic (exact) mass is 288 g/mol. The second-order valence-electron chi connectivity index (χ2n) is 3.28. The third-order valence-electron chi connectivity index (χ3n) is 2.14. The molecule has 2 aromatic rings. The maximum atomic E-state index is 5.93. The third-order valence-corrected chi connectivity index (χ3v) is 3.49. The lowest BCUT2D eigenvalue weighted by Crippen LogP contribution is -1.99. The number of nitrogens with one attached hydrogen (secondary N) is 1. The van der Waals surface area contributed by atoms with Crippen LogP contribution in [0.4, 0.5) is 5.69 Å². The van der Waals surface area contributed by atoms with Gasteiger partial charge in [0.25, 0.3) is 0 Å². The minimum Gasteiger partial charge on any atom is -0.495 e. The Kier molecular flexibility index (Phi) is 4.10. The fourth-order valence-corrected chi connectivity index (χ4v) is 2.46. The molecule has 1 heterocycles. The van der Waals surface area contributed by atoms with Gasteiger partial charge in [0.15, 0.2) is 4.47 Å². The Labute approximate surface area is 113 Å². The van der Waals surface area contributed by atoms with Gasteiger partial charge >= 0.3 is 0 Å². The average Bonchev–Trinajstić information content (AvgIpc) is 2.73. The van der Waals surface area contributed by atoms with Crippen LogP contribution in [0, 0.1) is 0 Å². The summed E-state index contributed by atoms with van der Waals surface area (Å²) in [6.07, 6.45) is 1.75. The van der Waals surface area contributed by atoms with Crippen molar-refractivity contribution in [3.05, 3.63) is 38.8 Å². The number of thiazole rings is 1. The maximum absolute atomic E-state index is 5.93. The van der Waals surface area contributed by atoms with Crippen molar-refractivity contribution in [2.24, 2.45) is 0 Å². The van der Waals surface area contributed by atoms with Crippen molar-refractivity contribution in [1.29, 1.82) is 0 Å². The van der Waals surface area contributed by atoms with E-state index in [4.69, 9.17) is 27.9 Å². The molecule has 1 N–H and O–H groups in total. The van der Waals surface area contributed by atoms with Gasteiger partial charge in [0.2, 0.25) is 0 Å². The van der Waals surface area contributed by atoms with Gasteiger partial charge in [-0.15, -0.1) is 11.3 Å². The molecule has 0 saturated carbocycles. The number of methoxy groups -OCH3 is 1. The number of ether oxygens (including phenoxy) is 1. The molecule has 0 saturated heterocycles. The van der Waals surface area contributed by atoms with Crippen molar-refractivity contribution < 1.29 is 4.74 Å². The molecule has 3 nitrogen and oxygen atoms in total. The lowest BCUT2D eigenvalue weighted by molar-refractivity contribution is 0.416. The highest BCUT2D eigenvalue weighted by Crippen LogP contribution is 2.28. The highest BCUT2D eigenvalue weighted by atomic mass is 35.5. The van der Waals surface area contributed by atoms with Crippen molar-refractivity contribution in [3.63, 3.8) is 0 Å². The van der Waals surface area contributed by atoms with Crippen LogP contribution >= 0.6 is 34.5 Å². The number of hydrogen-bond acceptors (Lipinski definition) is 4. The molecule has 0 aliphatic rings. The number of hydrogen-bond donors (Lipinski definition) is 1. The van der Waals surface area contributed by atoms with E-state index in [0.717, 1.165) is 16.3 Å². The molecule has 2 rings (SSSR count). The van der Waals surface area contributed by atoms with Crippen molar-refractivity contribution in [3.8, 4) is 5.75 Å². The van der Waals surface area contributed by atoms with Crippen LogP contribution in [-0.4, -0.2) is 12.1 Å². The molecule has 90 valence electrons. The zero-order chi connectivity index (χ0) is 12.3. The van der Waals surface area contributed by atoms with Crippen molar-refractivity contribution in [1.82, 2.24) is 4.98 Å². The van der Waals surface area contributed by atoms with Crippen molar-refractivity contribution in [2.75, 3.05) is 12.4 Å². The van der Waals surface area contributed by atoms with E-state index in [1.165, 1.54) is 11.3 Å². The molecule has 0 bridgehead atoms. The molecular weight excluding hydrogens is 279 g/mol. The fraction of sp³-hybridized carbons (Fsp3) is 0.182. The van der Waals surface area contributed by atoms with E-state index in [1.54, 1.807) is 19.4 Å². The number of rotatable bonds is 4. The second-order valence-corrected chi connectivity index (χ2v) is 5.41. The molecule has 17 heavy (non-hydrogen) atoms. The molecule has 6 heteroatoms. The SMILES string of the molecule is COc1ccc(Cl)cc1NCc1cnc(Cl)s1. The van der Waals surface area contributed by atoms with E-state index in [2.05, 4.69) is 10.3 Å². The number of nitrogens with zero attached hydrogens (tertiary/aromatic N) is 1. The van der Waals surface area contributed by atoms with Gasteiger partial charge in [-0.25, -0.2) is 4.98 Å². The molecule has 0 aliphatic carbocycles. The van der Waals surface area contributed by atoms with Gasteiger partial charge in [0.1, 0.15) is 5.75 Å². The van der Waals surface area contributed by atoms with Gasteiger partial charge in [0, 0.05) is 16.1 Å². The van der Waals surface area contributed by atoms with Gasteiger partial charge < -0.3 is 10.1 Å². The highest BCUT2D eigenvalue weighted by molar-refractivity contribution is 7.15. The smallest absolute Gasteiger partial charge is 0.183 e. The molecule has 0 atom stereocenters. The summed E-state index contributed by atoms with van der Waals surface area (Å²) in [6, 6.07) is 5.43. The molecule has 0 amide bonds. The Morgan fingerprint density at radius 2 is 2.24 bits per heavy atom. The van der Waals surface area contributed by atoms with Crippen LogP contribution in [0.25, 0.3) is 0 Å². The Morgan fingerprint density at radius 3 is 2.88 bits per heavy atom. The Balaban J connectivity index is 2.10. The number of benzene rings is 1. The molecule has 0 radical (unpaired) electrons. The van der Waals surface area contributed by atoms with E-state index in [-0.39, 0.29) is 0 Å². The topological polar surface area (TPSA) is 34.1 Å². The van der Waals surface area contributed by atoms with Crippen LogP contribution in [0.1, 0.15) is 4.88 Å². The summed E-state index contributed by atoms with van der Waals surface area (Å²) in [5.74, 6) is 0.755. The van der Waals surface area contributed by atoms with Crippen molar-refractivity contribution >= 4 is 40.2 Å². The normalized spacial score (nSPS) is 10.3. The largest absolute Gasteiger partial charge is 0.495 e. The average molecular weight is 289 g/mol. The lowest BCUT2D eigenvalue weighted by atomic mass is 10.3. The van der Waals surface area contributed by atoms with Gasteiger partial charge in [-0.2, -0.15) is 0 Å². The second kappa shape index (κ2) is 5.58. The summed E-state index contributed by atoms with van der Waals surface area (Å²) in [4.78, 5) is 5.03. The standard InChI is InChI=1S/C11H10Cl2N2OS/c1-16-10-3-2-7(12)4-9(10)14-5-8-6-15-11(13)17-8/h2-4,6,14H,5H2,1H3. The van der Waals surface area contributed by atoms with Crippen LogP contribution in [0.3, 0.4) is 0 Å². The van der Waals surface area contributed by atoms with E-state index in [9.17, 15) is 0 Å². The summed E-state index contributed by atoms with van der Waals surface area (Å²) in [7, 11) is 1.62. The van der Waals surface area contributed by atoms with Gasteiger partial charge in [0.05, 0.1) is 19.3 Å². The highest BCUT2D eigenvalue weighted by Gasteiger charge is 2.05. The van der Waals surface area contributed by atoms with E-state index in [0.29, 0.717) is 16.0 Å².